The third kappa shape index (κ3) is 10.4. The van der Waals surface area contributed by atoms with Crippen molar-refractivity contribution in [2.75, 3.05) is 6.61 Å². The second-order valence-corrected chi connectivity index (χ2v) is 7.05. The van der Waals surface area contributed by atoms with Gasteiger partial charge in [-0.05, 0) is 25.7 Å². The number of aliphatic carboxylic acids is 2. The summed E-state index contributed by atoms with van der Waals surface area (Å²) in [6.45, 7) is 4.10. The van der Waals surface area contributed by atoms with Crippen molar-refractivity contribution >= 4 is 29.7 Å². The van der Waals surface area contributed by atoms with Crippen molar-refractivity contribution in [1.29, 1.82) is 0 Å². The Labute approximate surface area is 168 Å². The van der Waals surface area contributed by atoms with Crippen LogP contribution in [0.3, 0.4) is 0 Å². The Hall–Kier alpha value is -2.73. The van der Waals surface area contributed by atoms with Gasteiger partial charge in [-0.25, -0.2) is 4.79 Å². The Kier molecular flexibility index (Phi) is 11.5. The molecule has 166 valence electrons. The molecular formula is C17H30N4O8. The molecule has 0 aliphatic rings. The van der Waals surface area contributed by atoms with Gasteiger partial charge in [0.25, 0.3) is 0 Å². The summed E-state index contributed by atoms with van der Waals surface area (Å²) in [5, 5.41) is 34.1. The summed E-state index contributed by atoms with van der Waals surface area (Å²) >= 11 is 0. The summed E-state index contributed by atoms with van der Waals surface area (Å²) in [5.41, 5.74) is 5.38. The average Bonchev–Trinajstić information content (AvgIpc) is 2.60. The number of carbonyl (C=O) groups is 5. The van der Waals surface area contributed by atoms with Gasteiger partial charge in [-0.2, -0.15) is 0 Å². The predicted molar refractivity (Wildman–Crippen MR) is 100 cm³/mol. The minimum atomic E-state index is -1.42. The molecular weight excluding hydrogens is 388 g/mol. The smallest absolute Gasteiger partial charge is 0.326 e. The van der Waals surface area contributed by atoms with E-state index in [-0.39, 0.29) is 18.8 Å². The van der Waals surface area contributed by atoms with Crippen LogP contribution in [-0.4, -0.2) is 75.8 Å². The molecule has 0 saturated carbocycles. The van der Waals surface area contributed by atoms with E-state index < -0.39 is 66.9 Å². The third-order valence-corrected chi connectivity index (χ3v) is 3.83. The Morgan fingerprint density at radius 3 is 1.72 bits per heavy atom. The van der Waals surface area contributed by atoms with Gasteiger partial charge >= 0.3 is 11.9 Å². The Morgan fingerprint density at radius 1 is 0.828 bits per heavy atom. The molecule has 0 aromatic heterocycles. The van der Waals surface area contributed by atoms with Crippen LogP contribution in [0.1, 0.15) is 40.0 Å². The lowest BCUT2D eigenvalue weighted by molar-refractivity contribution is -0.143. The monoisotopic (exact) mass is 418 g/mol. The first-order valence-corrected chi connectivity index (χ1v) is 9.11. The fraction of sp³-hybridized carbons (Fsp3) is 0.706. The molecule has 0 aliphatic heterocycles. The van der Waals surface area contributed by atoms with Gasteiger partial charge in [-0.15, -0.1) is 0 Å². The van der Waals surface area contributed by atoms with Gasteiger partial charge in [0.1, 0.15) is 18.1 Å². The van der Waals surface area contributed by atoms with E-state index in [1.165, 1.54) is 6.92 Å². The standard InChI is InChI=1S/C17H30N4O8/c1-8(2)6-11(17(28)29)20-15(26)10(4-5-13(23)24)19-16(27)12(7-22)21-14(25)9(3)18/h8-12,22H,4-7,18H2,1-3H3,(H,19,27)(H,20,26)(H,21,25)(H,23,24)(H,28,29). The molecule has 3 amide bonds. The van der Waals surface area contributed by atoms with E-state index >= 15 is 0 Å². The largest absolute Gasteiger partial charge is 0.481 e. The molecule has 0 spiro atoms. The maximum atomic E-state index is 12.5. The van der Waals surface area contributed by atoms with Gasteiger partial charge in [-0.3, -0.25) is 19.2 Å². The number of nitrogens with two attached hydrogens (primary N) is 1. The second-order valence-electron chi connectivity index (χ2n) is 7.05. The van der Waals surface area contributed by atoms with Crippen LogP contribution in [0.2, 0.25) is 0 Å². The molecule has 4 unspecified atom stereocenters. The second kappa shape index (κ2) is 12.7. The van der Waals surface area contributed by atoms with Gasteiger partial charge < -0.3 is 37.0 Å². The van der Waals surface area contributed by atoms with E-state index in [0.29, 0.717) is 0 Å². The summed E-state index contributed by atoms with van der Waals surface area (Å²) in [7, 11) is 0. The third-order valence-electron chi connectivity index (χ3n) is 3.83. The van der Waals surface area contributed by atoms with E-state index in [4.69, 9.17) is 10.8 Å². The van der Waals surface area contributed by atoms with E-state index in [1.54, 1.807) is 13.8 Å². The van der Waals surface area contributed by atoms with Crippen LogP contribution in [-0.2, 0) is 24.0 Å². The molecule has 0 saturated heterocycles. The van der Waals surface area contributed by atoms with E-state index in [9.17, 15) is 34.2 Å². The highest BCUT2D eigenvalue weighted by molar-refractivity contribution is 5.94. The van der Waals surface area contributed by atoms with Crippen molar-refractivity contribution in [1.82, 2.24) is 16.0 Å². The van der Waals surface area contributed by atoms with Crippen molar-refractivity contribution in [2.45, 2.75) is 64.2 Å². The number of hydrogen-bond donors (Lipinski definition) is 7. The van der Waals surface area contributed by atoms with Crippen molar-refractivity contribution in [2.24, 2.45) is 11.7 Å². The molecule has 12 nitrogen and oxygen atoms in total. The quantitative estimate of drug-likeness (QED) is 0.172. The zero-order valence-electron chi connectivity index (χ0n) is 16.7. The Balaban J connectivity index is 5.30. The molecule has 0 bridgehead atoms. The maximum absolute atomic E-state index is 12.5. The number of rotatable bonds is 13. The molecule has 12 heteroatoms. The number of aliphatic hydroxyl groups is 1. The molecule has 0 heterocycles. The lowest BCUT2D eigenvalue weighted by Crippen LogP contribution is -2.58. The van der Waals surface area contributed by atoms with E-state index in [0.717, 1.165) is 0 Å². The molecule has 29 heavy (non-hydrogen) atoms. The number of carboxylic acids is 2. The lowest BCUT2D eigenvalue weighted by Gasteiger charge is -2.24. The van der Waals surface area contributed by atoms with Crippen molar-refractivity contribution in [3.63, 3.8) is 0 Å². The molecule has 4 atom stereocenters. The van der Waals surface area contributed by atoms with Gasteiger partial charge in [0.15, 0.2) is 0 Å². The first-order chi connectivity index (χ1) is 13.4. The number of carbonyl (C=O) groups excluding carboxylic acids is 3. The highest BCUT2D eigenvalue weighted by atomic mass is 16.4. The minimum absolute atomic E-state index is 0.0457. The molecule has 0 radical (unpaired) electrons. The number of aliphatic hydroxyl groups excluding tert-OH is 1. The fourth-order valence-corrected chi connectivity index (χ4v) is 2.27. The lowest BCUT2D eigenvalue weighted by atomic mass is 10.0. The van der Waals surface area contributed by atoms with E-state index in [2.05, 4.69) is 16.0 Å². The number of carboxylic acid groups (broad SMARTS) is 2. The average molecular weight is 418 g/mol. The molecule has 0 fully saturated rings. The minimum Gasteiger partial charge on any atom is -0.481 e. The summed E-state index contributed by atoms with van der Waals surface area (Å²) in [6.07, 6.45) is -0.666. The molecule has 0 aromatic carbocycles. The van der Waals surface area contributed by atoms with Crippen molar-refractivity contribution in [3.05, 3.63) is 0 Å². The zero-order chi connectivity index (χ0) is 22.7. The van der Waals surface area contributed by atoms with Gasteiger partial charge in [-0.1, -0.05) is 13.8 Å². The van der Waals surface area contributed by atoms with Gasteiger partial charge in [0.2, 0.25) is 17.7 Å². The van der Waals surface area contributed by atoms with Crippen LogP contribution in [0, 0.1) is 5.92 Å². The summed E-state index contributed by atoms with van der Waals surface area (Å²) in [4.78, 5) is 58.6. The van der Waals surface area contributed by atoms with Crippen LogP contribution in [0.4, 0.5) is 0 Å². The van der Waals surface area contributed by atoms with E-state index in [1.807, 2.05) is 0 Å². The topological polar surface area (TPSA) is 208 Å². The first kappa shape index (κ1) is 26.3. The molecule has 0 rings (SSSR count). The summed E-state index contributed by atoms with van der Waals surface area (Å²) in [6, 6.07) is -4.97. The molecule has 0 aliphatic carbocycles. The number of hydrogen-bond acceptors (Lipinski definition) is 7. The van der Waals surface area contributed by atoms with Crippen molar-refractivity contribution in [3.8, 4) is 0 Å². The highest BCUT2D eigenvalue weighted by Crippen LogP contribution is 2.07. The van der Waals surface area contributed by atoms with Crippen molar-refractivity contribution < 1.29 is 39.3 Å². The van der Waals surface area contributed by atoms with Crippen LogP contribution in [0.15, 0.2) is 0 Å². The Bertz CT molecular complexity index is 608. The zero-order valence-corrected chi connectivity index (χ0v) is 16.7. The van der Waals surface area contributed by atoms with Crippen LogP contribution in [0.25, 0.3) is 0 Å². The van der Waals surface area contributed by atoms with Crippen LogP contribution < -0.4 is 21.7 Å². The van der Waals surface area contributed by atoms with Gasteiger partial charge in [0, 0.05) is 6.42 Å². The number of nitrogens with one attached hydrogen (secondary N) is 3. The fourth-order valence-electron chi connectivity index (χ4n) is 2.27. The normalized spacial score (nSPS) is 15.0. The number of amides is 3. The molecule has 0 aromatic rings. The maximum Gasteiger partial charge on any atom is 0.326 e. The highest BCUT2D eigenvalue weighted by Gasteiger charge is 2.30. The van der Waals surface area contributed by atoms with Crippen LogP contribution in [0.5, 0.6) is 0 Å². The first-order valence-electron chi connectivity index (χ1n) is 9.11. The van der Waals surface area contributed by atoms with Gasteiger partial charge in [0.05, 0.1) is 12.6 Å². The van der Waals surface area contributed by atoms with Crippen LogP contribution >= 0.6 is 0 Å². The Morgan fingerprint density at radius 2 is 1.31 bits per heavy atom. The predicted octanol–water partition coefficient (Wildman–Crippen LogP) is -2.22. The molecule has 8 N–H and O–H groups in total. The SMILES string of the molecule is CC(C)CC(NC(=O)C(CCC(=O)O)NC(=O)C(CO)NC(=O)C(C)N)C(=O)O. The summed E-state index contributed by atoms with van der Waals surface area (Å²) in [5.74, 6) is -5.08. The summed E-state index contributed by atoms with van der Waals surface area (Å²) < 4.78 is 0.